The maximum Gasteiger partial charge on any atom is 0.254 e. The second kappa shape index (κ2) is 4.32. The van der Waals surface area contributed by atoms with E-state index in [1.54, 1.807) is 0 Å². The lowest BCUT2D eigenvalue weighted by Gasteiger charge is -2.03. The summed E-state index contributed by atoms with van der Waals surface area (Å²) in [6, 6.07) is 4.22. The minimum absolute atomic E-state index is 0. The summed E-state index contributed by atoms with van der Waals surface area (Å²) in [4.78, 5) is 11.0. The van der Waals surface area contributed by atoms with Gasteiger partial charge in [-0.25, -0.2) is 0 Å². The van der Waals surface area contributed by atoms with Gasteiger partial charge in [0.1, 0.15) is 0 Å². The summed E-state index contributed by atoms with van der Waals surface area (Å²) in [5, 5.41) is 20.5. The zero-order valence-corrected chi connectivity index (χ0v) is 7.03. The van der Waals surface area contributed by atoms with E-state index in [2.05, 4.69) is 5.32 Å². The van der Waals surface area contributed by atoms with Crippen LogP contribution in [0.4, 0.5) is 0 Å². The quantitative estimate of drug-likeness (QED) is 0.520. The maximum atomic E-state index is 11.0. The predicted octanol–water partition coefficient (Wildman–Crippen LogP) is -0.367. The van der Waals surface area contributed by atoms with Crippen LogP contribution in [0.3, 0.4) is 0 Å². The predicted molar refractivity (Wildman–Crippen MR) is 46.8 cm³/mol. The maximum absolute atomic E-state index is 11.0. The number of amides is 1. The van der Waals surface area contributed by atoms with E-state index in [1.807, 2.05) is 0 Å². The monoisotopic (exact) mass is 185 g/mol. The largest absolute Gasteiger partial charge is 0.504 e. The van der Waals surface area contributed by atoms with Gasteiger partial charge in [0.25, 0.3) is 5.91 Å². The lowest BCUT2D eigenvalue weighted by Crippen LogP contribution is -2.17. The molecule has 0 saturated heterocycles. The number of carbonyl (C=O) groups is 1. The molecular formula is C8H11NO4. The molecule has 0 radical (unpaired) electrons. The smallest absolute Gasteiger partial charge is 0.254 e. The van der Waals surface area contributed by atoms with E-state index >= 15 is 0 Å². The Kier molecular flexibility index (Phi) is 3.74. The Balaban J connectivity index is 0.00000144. The molecule has 0 atom stereocenters. The van der Waals surface area contributed by atoms with Crippen molar-refractivity contribution in [3.05, 3.63) is 23.8 Å². The number of carbonyl (C=O) groups excluding carboxylic acids is 1. The fourth-order valence-corrected chi connectivity index (χ4v) is 0.849. The van der Waals surface area contributed by atoms with Gasteiger partial charge in [-0.15, -0.1) is 0 Å². The average Bonchev–Trinajstić information content (AvgIpc) is 2.08. The van der Waals surface area contributed by atoms with Crippen molar-refractivity contribution >= 4 is 5.91 Å². The van der Waals surface area contributed by atoms with Crippen LogP contribution in [-0.4, -0.2) is 28.6 Å². The third-order valence-corrected chi connectivity index (χ3v) is 1.49. The minimum Gasteiger partial charge on any atom is -0.504 e. The summed E-state index contributed by atoms with van der Waals surface area (Å²) < 4.78 is 0. The molecule has 1 amide bonds. The third kappa shape index (κ3) is 2.09. The lowest BCUT2D eigenvalue weighted by molar-refractivity contribution is 0.0960. The highest BCUT2D eigenvalue weighted by molar-refractivity contribution is 5.97. The van der Waals surface area contributed by atoms with E-state index in [-0.39, 0.29) is 16.8 Å². The summed E-state index contributed by atoms with van der Waals surface area (Å²) in [6.45, 7) is 0. The standard InChI is InChI=1S/C8H9NO3.H2O/c1-9-8(12)5-3-2-4-6(10)7(5)11;/h2-4,10-11H,1H3,(H,9,12);1H2. The number of rotatable bonds is 1. The fraction of sp³-hybridized carbons (Fsp3) is 0.125. The summed E-state index contributed by atoms with van der Waals surface area (Å²) >= 11 is 0. The SMILES string of the molecule is CNC(=O)c1cccc(O)c1O.O. The molecule has 0 aliphatic heterocycles. The molecule has 72 valence electrons. The van der Waals surface area contributed by atoms with Crippen molar-refractivity contribution in [1.82, 2.24) is 5.32 Å². The molecule has 1 aromatic carbocycles. The highest BCUT2D eigenvalue weighted by Crippen LogP contribution is 2.27. The molecule has 0 aliphatic carbocycles. The first-order valence-electron chi connectivity index (χ1n) is 3.40. The van der Waals surface area contributed by atoms with E-state index in [0.29, 0.717) is 0 Å². The van der Waals surface area contributed by atoms with Gasteiger partial charge < -0.3 is 21.0 Å². The molecule has 5 N–H and O–H groups in total. The highest BCUT2D eigenvalue weighted by Gasteiger charge is 2.11. The molecule has 0 heterocycles. The van der Waals surface area contributed by atoms with Crippen molar-refractivity contribution in [3.8, 4) is 11.5 Å². The van der Waals surface area contributed by atoms with Gasteiger partial charge in [0, 0.05) is 7.05 Å². The summed E-state index contributed by atoms with van der Waals surface area (Å²) in [7, 11) is 1.45. The van der Waals surface area contributed by atoms with E-state index < -0.39 is 11.7 Å². The molecule has 13 heavy (non-hydrogen) atoms. The summed E-state index contributed by atoms with van der Waals surface area (Å²) in [5.41, 5.74) is 0.0671. The zero-order valence-electron chi connectivity index (χ0n) is 7.03. The minimum atomic E-state index is -0.427. The van der Waals surface area contributed by atoms with Crippen LogP contribution in [0.1, 0.15) is 10.4 Å². The number of phenolic OH excluding ortho intramolecular Hbond substituents is 2. The second-order valence-electron chi connectivity index (χ2n) is 2.25. The molecule has 0 unspecified atom stereocenters. The van der Waals surface area contributed by atoms with Crippen molar-refractivity contribution in [2.24, 2.45) is 0 Å². The van der Waals surface area contributed by atoms with Crippen LogP contribution in [-0.2, 0) is 0 Å². The molecule has 5 heteroatoms. The third-order valence-electron chi connectivity index (χ3n) is 1.49. The number of benzene rings is 1. The molecule has 0 fully saturated rings. The number of nitrogens with one attached hydrogen (secondary N) is 1. The first-order valence-corrected chi connectivity index (χ1v) is 3.40. The Morgan fingerprint density at radius 3 is 2.54 bits per heavy atom. The van der Waals surface area contributed by atoms with Crippen LogP contribution in [0, 0.1) is 0 Å². The molecule has 0 saturated carbocycles. The van der Waals surface area contributed by atoms with Gasteiger partial charge in [0.15, 0.2) is 11.5 Å². The van der Waals surface area contributed by atoms with Gasteiger partial charge >= 0.3 is 0 Å². The Morgan fingerprint density at radius 2 is 2.00 bits per heavy atom. The molecule has 0 bridgehead atoms. The summed E-state index contributed by atoms with van der Waals surface area (Å²) in [6.07, 6.45) is 0. The van der Waals surface area contributed by atoms with E-state index in [1.165, 1.54) is 25.2 Å². The van der Waals surface area contributed by atoms with Gasteiger partial charge in [0.2, 0.25) is 0 Å². The van der Waals surface area contributed by atoms with Crippen LogP contribution >= 0.6 is 0 Å². The summed E-state index contributed by atoms with van der Waals surface area (Å²) in [5.74, 6) is -1.11. The molecule has 1 rings (SSSR count). The van der Waals surface area contributed by atoms with Gasteiger partial charge in [-0.3, -0.25) is 4.79 Å². The number of para-hydroxylation sites is 1. The van der Waals surface area contributed by atoms with Crippen molar-refractivity contribution in [3.63, 3.8) is 0 Å². The van der Waals surface area contributed by atoms with Gasteiger partial charge in [-0.2, -0.15) is 0 Å². The van der Waals surface area contributed by atoms with E-state index in [4.69, 9.17) is 5.11 Å². The number of hydrogen-bond donors (Lipinski definition) is 3. The molecular weight excluding hydrogens is 174 g/mol. The van der Waals surface area contributed by atoms with Crippen LogP contribution < -0.4 is 5.32 Å². The van der Waals surface area contributed by atoms with Crippen molar-refractivity contribution in [2.45, 2.75) is 0 Å². The molecule has 0 aromatic heterocycles. The molecule has 0 spiro atoms. The normalized spacial score (nSPS) is 8.69. The van der Waals surface area contributed by atoms with Gasteiger partial charge in [0.05, 0.1) is 5.56 Å². The topological polar surface area (TPSA) is 101 Å². The van der Waals surface area contributed by atoms with Crippen molar-refractivity contribution in [2.75, 3.05) is 7.05 Å². The van der Waals surface area contributed by atoms with Crippen LogP contribution in [0.5, 0.6) is 11.5 Å². The molecule has 1 aromatic rings. The van der Waals surface area contributed by atoms with Crippen LogP contribution in [0.2, 0.25) is 0 Å². The Bertz CT molecular complexity index is 311. The first kappa shape index (κ1) is 11.2. The molecule has 0 aliphatic rings. The zero-order chi connectivity index (χ0) is 9.14. The number of aromatic hydroxyl groups is 2. The van der Waals surface area contributed by atoms with E-state index in [0.717, 1.165) is 0 Å². The lowest BCUT2D eigenvalue weighted by atomic mass is 10.2. The van der Waals surface area contributed by atoms with Crippen molar-refractivity contribution < 1.29 is 20.5 Å². The van der Waals surface area contributed by atoms with Crippen molar-refractivity contribution in [1.29, 1.82) is 0 Å². The van der Waals surface area contributed by atoms with Crippen LogP contribution in [0.15, 0.2) is 18.2 Å². The second-order valence-corrected chi connectivity index (χ2v) is 2.25. The Morgan fingerprint density at radius 1 is 1.38 bits per heavy atom. The number of hydrogen-bond acceptors (Lipinski definition) is 3. The first-order chi connectivity index (χ1) is 5.66. The Labute approximate surface area is 74.9 Å². The van der Waals surface area contributed by atoms with E-state index in [9.17, 15) is 9.90 Å². The fourth-order valence-electron chi connectivity index (χ4n) is 0.849. The number of phenols is 2. The highest BCUT2D eigenvalue weighted by atomic mass is 16.3. The average molecular weight is 185 g/mol. The van der Waals surface area contributed by atoms with Gasteiger partial charge in [-0.05, 0) is 12.1 Å². The molecule has 5 nitrogen and oxygen atoms in total. The van der Waals surface area contributed by atoms with Crippen LogP contribution in [0.25, 0.3) is 0 Å². The van der Waals surface area contributed by atoms with Gasteiger partial charge in [-0.1, -0.05) is 6.07 Å². The Hall–Kier alpha value is -1.75.